The number of para-hydroxylation sites is 2. The van der Waals surface area contributed by atoms with Gasteiger partial charge in [0.05, 0.1) is 7.11 Å². The van der Waals surface area contributed by atoms with Gasteiger partial charge in [-0.25, -0.2) is 0 Å². The molecule has 3 aromatic rings. The summed E-state index contributed by atoms with van der Waals surface area (Å²) >= 11 is 0. The smallest absolute Gasteiger partial charge is 0.161 e. The van der Waals surface area contributed by atoms with Crippen molar-refractivity contribution in [2.75, 3.05) is 40.0 Å². The first-order valence-corrected chi connectivity index (χ1v) is 11.2. The first-order chi connectivity index (χ1) is 15.7. The second kappa shape index (κ2) is 10.6. The molecule has 0 saturated carbocycles. The van der Waals surface area contributed by atoms with Gasteiger partial charge in [-0.05, 0) is 61.7 Å². The van der Waals surface area contributed by atoms with Crippen LogP contribution in [-0.2, 0) is 0 Å². The molecule has 2 heterocycles. The monoisotopic (exact) mass is 436 g/mol. The number of aromatic amines is 1. The van der Waals surface area contributed by atoms with E-state index in [1.165, 1.54) is 10.9 Å². The summed E-state index contributed by atoms with van der Waals surface area (Å²) in [5.74, 6) is 2.70. The third kappa shape index (κ3) is 5.26. The van der Waals surface area contributed by atoms with Gasteiger partial charge in [0.2, 0.25) is 0 Å². The van der Waals surface area contributed by atoms with Crippen LogP contribution in [0.2, 0.25) is 0 Å². The van der Waals surface area contributed by atoms with Crippen molar-refractivity contribution in [3.05, 3.63) is 66.9 Å². The Morgan fingerprint density at radius 1 is 1.16 bits per heavy atom. The van der Waals surface area contributed by atoms with Gasteiger partial charge in [0.25, 0.3) is 0 Å². The molecule has 1 saturated heterocycles. The third-order valence-electron chi connectivity index (χ3n) is 6.05. The first-order valence-electron chi connectivity index (χ1n) is 11.2. The molecule has 2 aromatic carbocycles. The number of hydrogen-bond donors (Lipinski definition) is 2. The van der Waals surface area contributed by atoms with Crippen LogP contribution in [0.1, 0.15) is 24.3 Å². The molecule has 0 bridgehead atoms. The predicted molar refractivity (Wildman–Crippen MR) is 127 cm³/mol. The lowest BCUT2D eigenvalue weighted by molar-refractivity contribution is 0.0585. The predicted octanol–water partition coefficient (Wildman–Crippen LogP) is 4.36. The van der Waals surface area contributed by atoms with Crippen molar-refractivity contribution in [1.29, 1.82) is 0 Å². The number of nitrogens with one attached hydrogen (secondary N) is 1. The summed E-state index contributed by atoms with van der Waals surface area (Å²) in [6.45, 7) is 6.85. The molecule has 32 heavy (non-hydrogen) atoms. The van der Waals surface area contributed by atoms with Crippen LogP contribution in [0, 0.1) is 0 Å². The maximum absolute atomic E-state index is 10.5. The van der Waals surface area contributed by atoms with Crippen molar-refractivity contribution < 1.29 is 19.3 Å². The molecule has 1 fully saturated rings. The Morgan fingerprint density at radius 3 is 2.62 bits per heavy atom. The zero-order chi connectivity index (χ0) is 22.3. The Kier molecular flexibility index (Phi) is 7.35. The third-order valence-corrected chi connectivity index (χ3v) is 6.05. The van der Waals surface area contributed by atoms with Gasteiger partial charge in [0, 0.05) is 29.7 Å². The number of benzene rings is 2. The minimum absolute atomic E-state index is 0.235. The Bertz CT molecular complexity index is 1020. The van der Waals surface area contributed by atoms with E-state index in [1.54, 1.807) is 13.2 Å². The van der Waals surface area contributed by atoms with Crippen molar-refractivity contribution in [3.8, 4) is 17.2 Å². The highest BCUT2D eigenvalue weighted by Gasteiger charge is 2.24. The number of likely N-dealkylation sites (tertiary alicyclic amines) is 1. The average Bonchev–Trinajstić information content (AvgIpc) is 3.25. The quantitative estimate of drug-likeness (QED) is 0.462. The summed E-state index contributed by atoms with van der Waals surface area (Å²) in [5, 5.41) is 11.8. The summed E-state index contributed by atoms with van der Waals surface area (Å²) < 4.78 is 16.8. The highest BCUT2D eigenvalue weighted by Crippen LogP contribution is 2.34. The Labute approximate surface area is 189 Å². The Hall–Kier alpha value is -2.96. The normalized spacial score (nSPS) is 16.1. The van der Waals surface area contributed by atoms with Crippen LogP contribution >= 0.6 is 0 Å². The lowest BCUT2D eigenvalue weighted by atomic mass is 9.89. The van der Waals surface area contributed by atoms with Crippen molar-refractivity contribution in [2.45, 2.75) is 24.9 Å². The van der Waals surface area contributed by atoms with E-state index >= 15 is 0 Å². The van der Waals surface area contributed by atoms with Gasteiger partial charge in [-0.2, -0.15) is 0 Å². The summed E-state index contributed by atoms with van der Waals surface area (Å²) in [7, 11) is 1.69. The highest BCUT2D eigenvalue weighted by molar-refractivity contribution is 5.85. The number of fused-ring (bicyclic) bond motifs is 1. The number of hydrogen-bond acceptors (Lipinski definition) is 5. The summed E-state index contributed by atoms with van der Waals surface area (Å²) in [5.41, 5.74) is 2.49. The van der Waals surface area contributed by atoms with Crippen LogP contribution in [-0.4, -0.2) is 61.1 Å². The molecule has 0 spiro atoms. The van der Waals surface area contributed by atoms with Crippen LogP contribution in [0.3, 0.4) is 0 Å². The van der Waals surface area contributed by atoms with E-state index in [2.05, 4.69) is 28.7 Å². The second-order valence-corrected chi connectivity index (χ2v) is 8.24. The van der Waals surface area contributed by atoms with Crippen LogP contribution in [0.4, 0.5) is 0 Å². The summed E-state index contributed by atoms with van der Waals surface area (Å²) in [6, 6.07) is 13.7. The molecular weight excluding hydrogens is 404 g/mol. The number of β-amino-alcohol motifs (C(OH)–C–C–N with tert-alkyl or cyclic N) is 1. The molecule has 1 aliphatic rings. The maximum atomic E-state index is 10.5. The zero-order valence-electron chi connectivity index (χ0n) is 18.6. The minimum Gasteiger partial charge on any atom is -0.497 e. The fraction of sp³-hybridized carbons (Fsp3) is 0.385. The van der Waals surface area contributed by atoms with E-state index in [0.717, 1.165) is 37.2 Å². The van der Waals surface area contributed by atoms with Gasteiger partial charge >= 0.3 is 0 Å². The summed E-state index contributed by atoms with van der Waals surface area (Å²) in [4.78, 5) is 5.71. The minimum atomic E-state index is -0.556. The van der Waals surface area contributed by atoms with Crippen molar-refractivity contribution >= 4 is 10.9 Å². The molecule has 4 rings (SSSR count). The van der Waals surface area contributed by atoms with Gasteiger partial charge < -0.3 is 29.2 Å². The van der Waals surface area contributed by atoms with Gasteiger partial charge in [-0.3, -0.25) is 0 Å². The fourth-order valence-electron chi connectivity index (χ4n) is 4.39. The molecule has 6 heteroatoms. The Balaban J connectivity index is 1.27. The molecule has 2 N–H and O–H groups in total. The number of ether oxygens (including phenoxy) is 3. The maximum Gasteiger partial charge on any atom is 0.161 e. The van der Waals surface area contributed by atoms with Gasteiger partial charge in [0.15, 0.2) is 11.5 Å². The molecule has 170 valence electrons. The number of nitrogens with zero attached hydrogens (tertiary/aromatic N) is 1. The molecule has 6 nitrogen and oxygen atoms in total. The number of aliphatic hydroxyl groups is 1. The largest absolute Gasteiger partial charge is 0.497 e. The number of aromatic nitrogens is 1. The molecule has 0 amide bonds. The standard InChI is InChI=1S/C26H32N2O4/c1-3-14-31-25-6-4-5-7-26(25)32-18-20(29)17-28-12-10-19(11-13-28)23-16-27-24-15-21(30-2)8-9-22(23)24/h3-9,15-16,19-20,27,29H,1,10-14,17-18H2,2H3. The van der Waals surface area contributed by atoms with Crippen molar-refractivity contribution in [3.63, 3.8) is 0 Å². The van der Waals surface area contributed by atoms with Gasteiger partial charge in [0.1, 0.15) is 25.1 Å². The van der Waals surface area contributed by atoms with Crippen LogP contribution in [0.5, 0.6) is 17.2 Å². The van der Waals surface area contributed by atoms with E-state index in [-0.39, 0.29) is 6.61 Å². The van der Waals surface area contributed by atoms with E-state index in [0.29, 0.717) is 30.6 Å². The van der Waals surface area contributed by atoms with Gasteiger partial charge in [-0.1, -0.05) is 24.8 Å². The molecule has 0 radical (unpaired) electrons. The zero-order valence-corrected chi connectivity index (χ0v) is 18.6. The lowest BCUT2D eigenvalue weighted by Gasteiger charge is -2.33. The average molecular weight is 437 g/mol. The fourth-order valence-corrected chi connectivity index (χ4v) is 4.39. The number of rotatable bonds is 10. The van der Waals surface area contributed by atoms with Crippen LogP contribution in [0.25, 0.3) is 10.9 Å². The lowest BCUT2D eigenvalue weighted by Crippen LogP contribution is -2.40. The number of piperidine rings is 1. The van der Waals surface area contributed by atoms with E-state index in [1.807, 2.05) is 36.4 Å². The molecule has 0 aliphatic carbocycles. The van der Waals surface area contributed by atoms with Gasteiger partial charge in [-0.15, -0.1) is 0 Å². The first kappa shape index (κ1) is 22.2. The molecule has 1 aliphatic heterocycles. The Morgan fingerprint density at radius 2 is 1.91 bits per heavy atom. The SMILES string of the molecule is C=CCOc1ccccc1OCC(O)CN1CCC(c2c[nH]c3cc(OC)ccc23)CC1. The number of H-pyrrole nitrogens is 1. The van der Waals surface area contributed by atoms with E-state index in [4.69, 9.17) is 14.2 Å². The summed E-state index contributed by atoms with van der Waals surface area (Å²) in [6.07, 6.45) is 5.43. The number of methoxy groups -OCH3 is 1. The van der Waals surface area contributed by atoms with E-state index < -0.39 is 6.10 Å². The van der Waals surface area contributed by atoms with E-state index in [9.17, 15) is 5.11 Å². The van der Waals surface area contributed by atoms with Crippen molar-refractivity contribution in [2.24, 2.45) is 0 Å². The topological polar surface area (TPSA) is 67.0 Å². The molecular formula is C26H32N2O4. The van der Waals surface area contributed by atoms with Crippen molar-refractivity contribution in [1.82, 2.24) is 9.88 Å². The van der Waals surface area contributed by atoms with Crippen LogP contribution in [0.15, 0.2) is 61.3 Å². The molecule has 1 atom stereocenters. The second-order valence-electron chi connectivity index (χ2n) is 8.24. The number of aliphatic hydroxyl groups excluding tert-OH is 1. The van der Waals surface area contributed by atoms with Crippen LogP contribution < -0.4 is 14.2 Å². The molecule has 1 unspecified atom stereocenters. The molecule has 1 aromatic heterocycles. The highest BCUT2D eigenvalue weighted by atomic mass is 16.5.